The van der Waals surface area contributed by atoms with Crippen molar-refractivity contribution in [3.05, 3.63) is 0 Å². The van der Waals surface area contributed by atoms with Gasteiger partial charge in [0.15, 0.2) is 0 Å². The van der Waals surface area contributed by atoms with Crippen LogP contribution in [0.1, 0.15) is 44.9 Å². The highest BCUT2D eigenvalue weighted by atomic mass is 16.4. The molecule has 3 fully saturated rings. The number of nitrogens with one attached hydrogen (secondary N) is 2. The van der Waals surface area contributed by atoms with Gasteiger partial charge in [0.25, 0.3) is 0 Å². The highest BCUT2D eigenvalue weighted by Gasteiger charge is 2.53. The Morgan fingerprint density at radius 3 is 2.42 bits per heavy atom. The molecule has 0 spiro atoms. The van der Waals surface area contributed by atoms with Crippen LogP contribution < -0.4 is 10.6 Å². The van der Waals surface area contributed by atoms with Crippen LogP contribution in [0.25, 0.3) is 0 Å². The maximum Gasteiger partial charge on any atom is 0.315 e. The molecule has 0 saturated heterocycles. The first-order chi connectivity index (χ1) is 9.09. The summed E-state index contributed by atoms with van der Waals surface area (Å²) in [6.07, 6.45) is 7.17. The van der Waals surface area contributed by atoms with Crippen molar-refractivity contribution in [2.75, 3.05) is 6.54 Å². The minimum atomic E-state index is -0.740. The van der Waals surface area contributed by atoms with Crippen molar-refractivity contribution in [1.29, 1.82) is 0 Å². The van der Waals surface area contributed by atoms with E-state index >= 15 is 0 Å². The largest absolute Gasteiger partial charge is 0.481 e. The lowest BCUT2D eigenvalue weighted by Crippen LogP contribution is -2.43. The van der Waals surface area contributed by atoms with Gasteiger partial charge in [0.05, 0.1) is 5.92 Å². The SMILES string of the molecule is O=C(NCC1(C2CC2)CC1)N[C@H]1CC[C@@H](C(=O)O)C1. The van der Waals surface area contributed by atoms with Crippen LogP contribution in [0.15, 0.2) is 0 Å². The van der Waals surface area contributed by atoms with Gasteiger partial charge in [-0.1, -0.05) is 0 Å². The summed E-state index contributed by atoms with van der Waals surface area (Å²) in [5.74, 6) is -0.183. The Kier molecular flexibility index (Phi) is 3.15. The fourth-order valence-corrected chi connectivity index (χ4v) is 3.42. The molecule has 3 aliphatic carbocycles. The maximum absolute atomic E-state index is 11.8. The van der Waals surface area contributed by atoms with E-state index in [2.05, 4.69) is 10.6 Å². The molecular weight excluding hydrogens is 244 g/mol. The Balaban J connectivity index is 1.38. The highest BCUT2D eigenvalue weighted by Crippen LogP contribution is 2.60. The van der Waals surface area contributed by atoms with Crippen molar-refractivity contribution < 1.29 is 14.7 Å². The molecule has 0 unspecified atom stereocenters. The first-order valence-electron chi connectivity index (χ1n) is 7.36. The van der Waals surface area contributed by atoms with Crippen LogP contribution in [0.2, 0.25) is 0 Å². The van der Waals surface area contributed by atoms with Crippen molar-refractivity contribution >= 4 is 12.0 Å². The number of hydrogen-bond acceptors (Lipinski definition) is 2. The van der Waals surface area contributed by atoms with Crippen molar-refractivity contribution in [3.63, 3.8) is 0 Å². The third-order valence-electron chi connectivity index (χ3n) is 5.05. The molecule has 0 aromatic carbocycles. The van der Waals surface area contributed by atoms with Crippen LogP contribution in [-0.4, -0.2) is 29.7 Å². The molecule has 0 heterocycles. The molecule has 0 bridgehead atoms. The van der Waals surface area contributed by atoms with Gasteiger partial charge in [-0.25, -0.2) is 4.79 Å². The van der Waals surface area contributed by atoms with E-state index in [1.807, 2.05) is 0 Å². The van der Waals surface area contributed by atoms with Gasteiger partial charge in [0, 0.05) is 12.6 Å². The predicted molar refractivity (Wildman–Crippen MR) is 69.7 cm³/mol. The topological polar surface area (TPSA) is 78.4 Å². The Hall–Kier alpha value is -1.26. The number of rotatable bonds is 5. The molecule has 2 amide bonds. The lowest BCUT2D eigenvalue weighted by Gasteiger charge is -2.17. The van der Waals surface area contributed by atoms with Crippen LogP contribution >= 0.6 is 0 Å². The molecule has 3 saturated carbocycles. The molecule has 0 aromatic rings. The van der Waals surface area contributed by atoms with E-state index in [0.29, 0.717) is 18.3 Å². The summed E-state index contributed by atoms with van der Waals surface area (Å²) < 4.78 is 0. The first-order valence-corrected chi connectivity index (χ1v) is 7.36. The molecule has 106 valence electrons. The summed E-state index contributed by atoms with van der Waals surface area (Å²) in [6.45, 7) is 0.790. The quantitative estimate of drug-likeness (QED) is 0.709. The lowest BCUT2D eigenvalue weighted by atomic mass is 10.0. The summed E-state index contributed by atoms with van der Waals surface area (Å²) >= 11 is 0. The van der Waals surface area contributed by atoms with Crippen molar-refractivity contribution in [3.8, 4) is 0 Å². The second kappa shape index (κ2) is 4.69. The zero-order valence-corrected chi connectivity index (χ0v) is 11.2. The summed E-state index contributed by atoms with van der Waals surface area (Å²) in [5, 5.41) is 14.8. The number of carbonyl (C=O) groups excluding carboxylic acids is 1. The first kappa shape index (κ1) is 12.8. The van der Waals surface area contributed by atoms with Crippen molar-refractivity contribution in [2.45, 2.75) is 51.0 Å². The maximum atomic E-state index is 11.8. The molecule has 3 N–H and O–H groups in total. The van der Waals surface area contributed by atoms with E-state index in [1.165, 1.54) is 25.7 Å². The summed E-state index contributed by atoms with van der Waals surface area (Å²) in [5.41, 5.74) is 0.413. The van der Waals surface area contributed by atoms with Crippen LogP contribution in [0.5, 0.6) is 0 Å². The van der Waals surface area contributed by atoms with E-state index < -0.39 is 5.97 Å². The zero-order chi connectivity index (χ0) is 13.5. The zero-order valence-electron chi connectivity index (χ0n) is 11.2. The minimum absolute atomic E-state index is 0.0252. The summed E-state index contributed by atoms with van der Waals surface area (Å²) in [4.78, 5) is 22.7. The third kappa shape index (κ3) is 2.85. The molecule has 5 nitrogen and oxygen atoms in total. The normalized spacial score (nSPS) is 31.8. The van der Waals surface area contributed by atoms with E-state index in [9.17, 15) is 9.59 Å². The second-order valence-corrected chi connectivity index (χ2v) is 6.51. The van der Waals surface area contributed by atoms with E-state index in [-0.39, 0.29) is 18.0 Å². The van der Waals surface area contributed by atoms with Gasteiger partial charge in [0.2, 0.25) is 0 Å². The predicted octanol–water partition coefficient (Wildman–Crippen LogP) is 1.73. The lowest BCUT2D eigenvalue weighted by molar-refractivity contribution is -0.141. The molecule has 3 aliphatic rings. The van der Waals surface area contributed by atoms with Gasteiger partial charge >= 0.3 is 12.0 Å². The Labute approximate surface area is 113 Å². The smallest absolute Gasteiger partial charge is 0.315 e. The van der Waals surface area contributed by atoms with E-state index in [4.69, 9.17) is 5.11 Å². The fraction of sp³-hybridized carbons (Fsp3) is 0.857. The van der Waals surface area contributed by atoms with Gasteiger partial charge in [-0.15, -0.1) is 0 Å². The van der Waals surface area contributed by atoms with Gasteiger partial charge in [-0.3, -0.25) is 4.79 Å². The third-order valence-corrected chi connectivity index (χ3v) is 5.05. The standard InChI is InChI=1S/C14H22N2O3/c17-12(18)9-1-4-11(7-9)16-13(19)15-8-14(5-6-14)10-2-3-10/h9-11H,1-8H2,(H,17,18)(H2,15,16,19)/t9-,11+/m1/s1. The Morgan fingerprint density at radius 1 is 1.16 bits per heavy atom. The van der Waals surface area contributed by atoms with E-state index in [0.717, 1.165) is 18.9 Å². The molecule has 2 atom stereocenters. The van der Waals surface area contributed by atoms with E-state index in [1.54, 1.807) is 0 Å². The summed E-state index contributed by atoms with van der Waals surface area (Å²) in [7, 11) is 0. The van der Waals surface area contributed by atoms with Gasteiger partial charge < -0.3 is 15.7 Å². The molecule has 0 aromatic heterocycles. The fourth-order valence-electron chi connectivity index (χ4n) is 3.42. The molecular formula is C14H22N2O3. The highest BCUT2D eigenvalue weighted by molar-refractivity contribution is 5.75. The molecule has 0 radical (unpaired) electrons. The van der Waals surface area contributed by atoms with Crippen LogP contribution in [0, 0.1) is 17.3 Å². The van der Waals surface area contributed by atoms with Gasteiger partial charge in [0.1, 0.15) is 0 Å². The number of aliphatic carboxylic acids is 1. The number of urea groups is 1. The summed E-state index contributed by atoms with van der Waals surface area (Å²) in [6, 6.07) is -0.0971. The Morgan fingerprint density at radius 2 is 1.89 bits per heavy atom. The monoisotopic (exact) mass is 266 g/mol. The number of amides is 2. The van der Waals surface area contributed by atoms with Crippen molar-refractivity contribution in [1.82, 2.24) is 10.6 Å². The Bertz CT molecular complexity index is 388. The average molecular weight is 266 g/mol. The van der Waals surface area contributed by atoms with Gasteiger partial charge in [-0.05, 0) is 56.3 Å². The average Bonchev–Trinajstić information content (AvgIpc) is 3.26. The molecule has 19 heavy (non-hydrogen) atoms. The molecule has 0 aliphatic heterocycles. The number of carboxylic acid groups (broad SMARTS) is 1. The van der Waals surface area contributed by atoms with Gasteiger partial charge in [-0.2, -0.15) is 0 Å². The van der Waals surface area contributed by atoms with Crippen molar-refractivity contribution in [2.24, 2.45) is 17.3 Å². The second-order valence-electron chi connectivity index (χ2n) is 6.51. The number of carbonyl (C=O) groups is 2. The van der Waals surface area contributed by atoms with Crippen LogP contribution in [-0.2, 0) is 4.79 Å². The number of hydrogen-bond donors (Lipinski definition) is 3. The molecule has 3 rings (SSSR count). The molecule has 5 heteroatoms. The minimum Gasteiger partial charge on any atom is -0.481 e. The van der Waals surface area contributed by atoms with Crippen LogP contribution in [0.3, 0.4) is 0 Å². The van der Waals surface area contributed by atoms with Crippen LogP contribution in [0.4, 0.5) is 4.79 Å². The number of carboxylic acids is 1.